The molecule has 1 aliphatic heterocycles. The molecule has 112 valence electrons. The van der Waals surface area contributed by atoms with Gasteiger partial charge in [-0.1, -0.05) is 6.07 Å². The third kappa shape index (κ3) is 2.17. The van der Waals surface area contributed by atoms with Gasteiger partial charge in [-0.3, -0.25) is 14.3 Å². The van der Waals surface area contributed by atoms with Crippen molar-refractivity contribution in [3.05, 3.63) is 44.9 Å². The normalized spacial score (nSPS) is 25.6. The largest absolute Gasteiger partial charge is 0.394 e. The fourth-order valence-corrected chi connectivity index (χ4v) is 2.59. The molecule has 0 unspecified atom stereocenters. The van der Waals surface area contributed by atoms with Crippen molar-refractivity contribution in [1.29, 1.82) is 0 Å². The highest BCUT2D eigenvalue weighted by Crippen LogP contribution is 2.29. The summed E-state index contributed by atoms with van der Waals surface area (Å²) in [4.78, 5) is 25.8. The maximum Gasteiger partial charge on any atom is 0.330 e. The van der Waals surface area contributed by atoms with Crippen LogP contribution in [0, 0.1) is 5.82 Å². The van der Waals surface area contributed by atoms with Gasteiger partial charge in [-0.15, -0.1) is 0 Å². The zero-order valence-corrected chi connectivity index (χ0v) is 10.8. The SMILES string of the molecule is O=c1[nH]c(=O)n([C@@H]2C[C@H](O)[C@@H](CO)O2)c2cccc(F)c12. The van der Waals surface area contributed by atoms with Gasteiger partial charge in [0.1, 0.15) is 18.1 Å². The Hall–Kier alpha value is -2.03. The molecule has 3 rings (SSSR count). The van der Waals surface area contributed by atoms with Gasteiger partial charge in [0.05, 0.1) is 23.6 Å². The average Bonchev–Trinajstić information content (AvgIpc) is 2.79. The molecule has 2 heterocycles. The van der Waals surface area contributed by atoms with E-state index in [9.17, 15) is 19.1 Å². The van der Waals surface area contributed by atoms with Crippen molar-refractivity contribution in [1.82, 2.24) is 9.55 Å². The van der Waals surface area contributed by atoms with Crippen molar-refractivity contribution in [3.63, 3.8) is 0 Å². The van der Waals surface area contributed by atoms with Crippen LogP contribution in [0.25, 0.3) is 10.9 Å². The van der Waals surface area contributed by atoms with Crippen molar-refractivity contribution in [2.24, 2.45) is 0 Å². The van der Waals surface area contributed by atoms with E-state index in [1.165, 1.54) is 12.1 Å². The van der Waals surface area contributed by atoms with E-state index >= 15 is 0 Å². The highest BCUT2D eigenvalue weighted by atomic mass is 19.1. The number of nitrogens with zero attached hydrogens (tertiary/aromatic N) is 1. The molecule has 1 aliphatic rings. The summed E-state index contributed by atoms with van der Waals surface area (Å²) in [6, 6.07) is 3.92. The molecule has 0 radical (unpaired) electrons. The first kappa shape index (κ1) is 13.9. The highest BCUT2D eigenvalue weighted by Gasteiger charge is 2.35. The molecule has 1 aromatic heterocycles. The van der Waals surface area contributed by atoms with Gasteiger partial charge in [0.2, 0.25) is 0 Å². The van der Waals surface area contributed by atoms with Gasteiger partial charge in [-0.05, 0) is 12.1 Å². The number of aliphatic hydroxyl groups is 2. The maximum atomic E-state index is 13.8. The lowest BCUT2D eigenvalue weighted by molar-refractivity contribution is -0.0443. The predicted molar refractivity (Wildman–Crippen MR) is 70.4 cm³/mol. The number of aromatic amines is 1. The Balaban J connectivity index is 2.22. The number of ether oxygens (including phenoxy) is 1. The lowest BCUT2D eigenvalue weighted by atomic mass is 10.2. The molecule has 0 saturated carbocycles. The number of fused-ring (bicyclic) bond motifs is 1. The van der Waals surface area contributed by atoms with Crippen LogP contribution in [0.2, 0.25) is 0 Å². The summed E-state index contributed by atoms with van der Waals surface area (Å²) in [5, 5.41) is 18.6. The molecule has 1 saturated heterocycles. The summed E-state index contributed by atoms with van der Waals surface area (Å²) in [5.41, 5.74) is -1.49. The number of nitrogens with one attached hydrogen (secondary N) is 1. The molecule has 3 atom stereocenters. The summed E-state index contributed by atoms with van der Waals surface area (Å²) in [7, 11) is 0. The van der Waals surface area contributed by atoms with Crippen LogP contribution in [-0.4, -0.2) is 38.6 Å². The third-order valence-corrected chi connectivity index (χ3v) is 3.59. The van der Waals surface area contributed by atoms with Crippen LogP contribution in [0.15, 0.2) is 27.8 Å². The molecule has 1 aromatic carbocycles. The smallest absolute Gasteiger partial charge is 0.330 e. The first-order valence-corrected chi connectivity index (χ1v) is 6.40. The Morgan fingerprint density at radius 1 is 1.43 bits per heavy atom. The first-order valence-electron chi connectivity index (χ1n) is 6.40. The number of aliphatic hydroxyl groups excluding tert-OH is 2. The van der Waals surface area contributed by atoms with E-state index in [1.807, 2.05) is 4.98 Å². The topological polar surface area (TPSA) is 105 Å². The molecule has 3 N–H and O–H groups in total. The number of rotatable bonds is 2. The highest BCUT2D eigenvalue weighted by molar-refractivity contribution is 5.78. The lowest BCUT2D eigenvalue weighted by Gasteiger charge is -2.16. The van der Waals surface area contributed by atoms with Gasteiger partial charge in [0.15, 0.2) is 0 Å². The summed E-state index contributed by atoms with van der Waals surface area (Å²) >= 11 is 0. The minimum atomic E-state index is -0.942. The molecular weight excluding hydrogens is 283 g/mol. The second kappa shape index (κ2) is 5.06. The van der Waals surface area contributed by atoms with Gasteiger partial charge >= 0.3 is 5.69 Å². The molecule has 8 heteroatoms. The lowest BCUT2D eigenvalue weighted by Crippen LogP contribution is -2.33. The van der Waals surface area contributed by atoms with Crippen molar-refractivity contribution in [2.45, 2.75) is 24.9 Å². The molecular formula is C13H13FN2O5. The molecule has 2 aromatic rings. The molecule has 0 spiro atoms. The van der Waals surface area contributed by atoms with Gasteiger partial charge in [0.25, 0.3) is 5.56 Å². The Labute approximate surface area is 117 Å². The van der Waals surface area contributed by atoms with Crippen LogP contribution in [0.5, 0.6) is 0 Å². The molecule has 0 bridgehead atoms. The van der Waals surface area contributed by atoms with Gasteiger partial charge in [0, 0.05) is 6.42 Å². The van der Waals surface area contributed by atoms with Gasteiger partial charge < -0.3 is 14.9 Å². The van der Waals surface area contributed by atoms with Crippen LogP contribution >= 0.6 is 0 Å². The van der Waals surface area contributed by atoms with Crippen molar-refractivity contribution < 1.29 is 19.3 Å². The van der Waals surface area contributed by atoms with Crippen LogP contribution in [0.1, 0.15) is 12.6 Å². The second-order valence-corrected chi connectivity index (χ2v) is 4.88. The molecule has 7 nitrogen and oxygen atoms in total. The van der Waals surface area contributed by atoms with Crippen molar-refractivity contribution in [2.75, 3.05) is 6.61 Å². The maximum absolute atomic E-state index is 13.8. The summed E-state index contributed by atoms with van der Waals surface area (Å²) in [6.07, 6.45) is -2.59. The number of aromatic nitrogens is 2. The van der Waals surface area contributed by atoms with E-state index < -0.39 is 42.1 Å². The Bertz CT molecular complexity index is 799. The van der Waals surface area contributed by atoms with Crippen LogP contribution in [-0.2, 0) is 4.74 Å². The number of halogens is 1. The fourth-order valence-electron chi connectivity index (χ4n) is 2.59. The fraction of sp³-hybridized carbons (Fsp3) is 0.385. The van der Waals surface area contributed by atoms with E-state index in [1.54, 1.807) is 0 Å². The standard InChI is InChI=1S/C13H13FN2O5/c14-6-2-1-3-7-11(6)12(19)15-13(20)16(7)10-4-8(18)9(5-17)21-10/h1-3,8-10,17-18H,4-5H2,(H,15,19,20)/t8-,9+,10-/m0/s1. The minimum Gasteiger partial charge on any atom is -0.394 e. The third-order valence-electron chi connectivity index (χ3n) is 3.59. The molecule has 21 heavy (non-hydrogen) atoms. The quantitative estimate of drug-likeness (QED) is 0.691. The van der Waals surface area contributed by atoms with E-state index in [4.69, 9.17) is 9.84 Å². The van der Waals surface area contributed by atoms with Crippen molar-refractivity contribution >= 4 is 10.9 Å². The van der Waals surface area contributed by atoms with Gasteiger partial charge in [-0.2, -0.15) is 0 Å². The van der Waals surface area contributed by atoms with E-state index in [2.05, 4.69) is 0 Å². The van der Waals surface area contributed by atoms with E-state index in [0.717, 1.165) is 10.6 Å². The van der Waals surface area contributed by atoms with Crippen LogP contribution < -0.4 is 11.2 Å². The zero-order chi connectivity index (χ0) is 15.1. The number of benzene rings is 1. The Morgan fingerprint density at radius 2 is 2.19 bits per heavy atom. The van der Waals surface area contributed by atoms with E-state index in [-0.39, 0.29) is 17.3 Å². The number of hydrogen-bond acceptors (Lipinski definition) is 5. The van der Waals surface area contributed by atoms with Crippen LogP contribution in [0.3, 0.4) is 0 Å². The average molecular weight is 296 g/mol. The summed E-state index contributed by atoms with van der Waals surface area (Å²) in [5.74, 6) is -0.750. The van der Waals surface area contributed by atoms with Gasteiger partial charge in [-0.25, -0.2) is 9.18 Å². The summed E-state index contributed by atoms with van der Waals surface area (Å²) in [6.45, 7) is -0.401. The Morgan fingerprint density at radius 3 is 2.86 bits per heavy atom. The second-order valence-electron chi connectivity index (χ2n) is 4.88. The number of hydrogen-bond donors (Lipinski definition) is 3. The predicted octanol–water partition coefficient (Wildman–Crippen LogP) is -0.530. The van der Waals surface area contributed by atoms with Crippen molar-refractivity contribution in [3.8, 4) is 0 Å². The molecule has 0 aliphatic carbocycles. The number of H-pyrrole nitrogens is 1. The monoisotopic (exact) mass is 296 g/mol. The van der Waals surface area contributed by atoms with Crippen LogP contribution in [0.4, 0.5) is 4.39 Å². The van der Waals surface area contributed by atoms with E-state index in [0.29, 0.717) is 0 Å². The Kier molecular flexibility index (Phi) is 3.36. The zero-order valence-electron chi connectivity index (χ0n) is 10.8. The molecule has 1 fully saturated rings. The minimum absolute atomic E-state index is 0.0583. The summed E-state index contributed by atoms with van der Waals surface area (Å²) < 4.78 is 20.3. The molecule has 0 amide bonds. The first-order chi connectivity index (χ1) is 10.0.